The summed E-state index contributed by atoms with van der Waals surface area (Å²) in [7, 11) is 1.61. The molecule has 1 aromatic rings. The third kappa shape index (κ3) is 4.69. The second kappa shape index (κ2) is 7.97. The van der Waals surface area contributed by atoms with Gasteiger partial charge < -0.3 is 15.8 Å². The molecule has 6 heteroatoms. The zero-order valence-electron chi connectivity index (χ0n) is 13.7. The van der Waals surface area contributed by atoms with Gasteiger partial charge in [-0.2, -0.15) is 0 Å². The number of hydrogen-bond acceptors (Lipinski definition) is 4. The first-order valence-electron chi connectivity index (χ1n) is 7.93. The van der Waals surface area contributed by atoms with Crippen molar-refractivity contribution in [1.29, 1.82) is 0 Å². The topological polar surface area (TPSA) is 84.7 Å². The first-order chi connectivity index (χ1) is 11.0. The number of benzene rings is 1. The molecule has 0 spiro atoms. The smallest absolute Gasteiger partial charge is 0.234 e. The predicted molar refractivity (Wildman–Crippen MR) is 87.8 cm³/mol. The lowest BCUT2D eigenvalue weighted by Crippen LogP contribution is -2.49. The van der Waals surface area contributed by atoms with E-state index in [1.54, 1.807) is 7.11 Å². The monoisotopic (exact) mass is 319 g/mol. The van der Waals surface area contributed by atoms with Gasteiger partial charge in [0.25, 0.3) is 0 Å². The van der Waals surface area contributed by atoms with Gasteiger partial charge in [-0.05, 0) is 25.8 Å². The Balaban J connectivity index is 1.87. The Bertz CT molecular complexity index is 562. The third-order valence-electron chi connectivity index (χ3n) is 4.43. The molecule has 23 heavy (non-hydrogen) atoms. The number of primary amides is 1. The highest BCUT2D eigenvalue weighted by molar-refractivity contribution is 5.79. The van der Waals surface area contributed by atoms with Gasteiger partial charge in [0.1, 0.15) is 5.75 Å². The molecule has 126 valence electrons. The average molecular weight is 319 g/mol. The molecule has 0 aromatic heterocycles. The zero-order chi connectivity index (χ0) is 16.8. The molecule has 3 N–H and O–H groups in total. The average Bonchev–Trinajstić information content (AvgIpc) is 2.55. The van der Waals surface area contributed by atoms with Gasteiger partial charge in [-0.25, -0.2) is 0 Å². The van der Waals surface area contributed by atoms with Gasteiger partial charge in [0.15, 0.2) is 0 Å². The fraction of sp³-hybridized carbons (Fsp3) is 0.529. The van der Waals surface area contributed by atoms with Crippen LogP contribution in [0.3, 0.4) is 0 Å². The zero-order valence-corrected chi connectivity index (χ0v) is 13.7. The minimum atomic E-state index is -0.281. The Hall–Kier alpha value is -2.08. The van der Waals surface area contributed by atoms with Gasteiger partial charge in [0.05, 0.1) is 19.6 Å². The summed E-state index contributed by atoms with van der Waals surface area (Å²) in [6, 6.07) is 7.87. The first kappa shape index (κ1) is 17.3. The maximum Gasteiger partial charge on any atom is 0.234 e. The molecule has 0 saturated carbocycles. The van der Waals surface area contributed by atoms with Gasteiger partial charge in [-0.1, -0.05) is 18.2 Å². The third-order valence-corrected chi connectivity index (χ3v) is 4.43. The fourth-order valence-corrected chi connectivity index (χ4v) is 2.92. The molecule has 0 radical (unpaired) electrons. The number of amides is 2. The van der Waals surface area contributed by atoms with Crippen LogP contribution in [0.4, 0.5) is 0 Å². The number of piperidine rings is 1. The Morgan fingerprint density at radius 1 is 1.35 bits per heavy atom. The van der Waals surface area contributed by atoms with E-state index in [1.165, 1.54) is 0 Å². The van der Waals surface area contributed by atoms with Crippen LogP contribution < -0.4 is 15.8 Å². The largest absolute Gasteiger partial charge is 0.496 e. The van der Waals surface area contributed by atoms with Gasteiger partial charge in [-0.15, -0.1) is 0 Å². The van der Waals surface area contributed by atoms with E-state index in [2.05, 4.69) is 12.2 Å². The van der Waals surface area contributed by atoms with Crippen LogP contribution in [0, 0.1) is 5.92 Å². The van der Waals surface area contributed by atoms with Crippen LogP contribution in [0.25, 0.3) is 0 Å². The highest BCUT2D eigenvalue weighted by Gasteiger charge is 2.29. The van der Waals surface area contributed by atoms with Crippen LogP contribution in [0.15, 0.2) is 24.3 Å². The van der Waals surface area contributed by atoms with Crippen LogP contribution in [-0.2, 0) is 16.1 Å². The van der Waals surface area contributed by atoms with Crippen LogP contribution >= 0.6 is 0 Å². The Kier molecular flexibility index (Phi) is 5.98. The van der Waals surface area contributed by atoms with Crippen molar-refractivity contribution in [3.8, 4) is 5.75 Å². The molecule has 0 bridgehead atoms. The van der Waals surface area contributed by atoms with Crippen LogP contribution in [-0.4, -0.2) is 43.0 Å². The van der Waals surface area contributed by atoms with E-state index in [0.29, 0.717) is 13.1 Å². The van der Waals surface area contributed by atoms with Crippen molar-refractivity contribution < 1.29 is 14.3 Å². The molecule has 1 aliphatic rings. The molecular formula is C17H25N3O3. The lowest BCUT2D eigenvalue weighted by Gasteiger charge is -2.36. The van der Waals surface area contributed by atoms with Gasteiger partial charge in [0, 0.05) is 24.7 Å². The summed E-state index contributed by atoms with van der Waals surface area (Å²) in [5, 5.41) is 2.91. The standard InChI is InChI=1S/C17H25N3O3/c1-12-7-8-14(17(18)22)10-20(12)11-16(21)19-9-13-5-3-4-6-15(13)23-2/h3-6,12,14H,7-11H2,1-2H3,(H2,18,22)(H,19,21)/t12-,14-/m1/s1. The molecular weight excluding hydrogens is 294 g/mol. The summed E-state index contributed by atoms with van der Waals surface area (Å²) in [4.78, 5) is 25.6. The van der Waals surface area contributed by atoms with Crippen LogP contribution in [0.5, 0.6) is 5.75 Å². The highest BCUT2D eigenvalue weighted by Crippen LogP contribution is 2.21. The molecule has 1 fully saturated rings. The van der Waals surface area contributed by atoms with Crippen molar-refractivity contribution >= 4 is 11.8 Å². The Morgan fingerprint density at radius 2 is 2.09 bits per heavy atom. The molecule has 1 heterocycles. The summed E-state index contributed by atoms with van der Waals surface area (Å²) in [5.41, 5.74) is 6.33. The van der Waals surface area contributed by atoms with Crippen molar-refractivity contribution in [3.63, 3.8) is 0 Å². The number of carbonyl (C=O) groups excluding carboxylic acids is 2. The van der Waals surface area contributed by atoms with Gasteiger partial charge in [0.2, 0.25) is 11.8 Å². The molecule has 1 aliphatic heterocycles. The minimum absolute atomic E-state index is 0.0622. The van der Waals surface area contributed by atoms with Crippen molar-refractivity contribution in [1.82, 2.24) is 10.2 Å². The number of rotatable bonds is 6. The summed E-state index contributed by atoms with van der Waals surface area (Å²) < 4.78 is 5.27. The summed E-state index contributed by atoms with van der Waals surface area (Å²) in [6.07, 6.45) is 1.68. The van der Waals surface area contributed by atoms with E-state index >= 15 is 0 Å². The maximum atomic E-state index is 12.2. The second-order valence-corrected chi connectivity index (χ2v) is 6.04. The van der Waals surface area contributed by atoms with E-state index < -0.39 is 0 Å². The molecule has 0 aliphatic carbocycles. The SMILES string of the molecule is COc1ccccc1CNC(=O)CN1C[C@H](C(N)=O)CC[C@H]1C. The van der Waals surface area contributed by atoms with E-state index in [4.69, 9.17) is 10.5 Å². The number of carbonyl (C=O) groups is 2. The molecule has 2 amide bonds. The predicted octanol–water partition coefficient (Wildman–Crippen LogP) is 0.897. The van der Waals surface area contributed by atoms with Gasteiger partial charge >= 0.3 is 0 Å². The number of nitrogens with two attached hydrogens (primary N) is 1. The van der Waals surface area contributed by atoms with E-state index in [0.717, 1.165) is 24.2 Å². The van der Waals surface area contributed by atoms with Crippen molar-refractivity contribution in [2.45, 2.75) is 32.4 Å². The molecule has 6 nitrogen and oxygen atoms in total. The van der Waals surface area contributed by atoms with Crippen LogP contribution in [0.1, 0.15) is 25.3 Å². The minimum Gasteiger partial charge on any atom is -0.496 e. The van der Waals surface area contributed by atoms with Crippen molar-refractivity contribution in [2.24, 2.45) is 11.7 Å². The lowest BCUT2D eigenvalue weighted by atomic mass is 9.93. The number of para-hydroxylation sites is 1. The molecule has 2 atom stereocenters. The summed E-state index contributed by atoms with van der Waals surface area (Å²) >= 11 is 0. The van der Waals surface area contributed by atoms with Gasteiger partial charge in [-0.3, -0.25) is 14.5 Å². The fourth-order valence-electron chi connectivity index (χ4n) is 2.92. The number of methoxy groups -OCH3 is 1. The molecule has 0 unspecified atom stereocenters. The van der Waals surface area contributed by atoms with Crippen molar-refractivity contribution in [3.05, 3.63) is 29.8 Å². The normalized spacial score (nSPS) is 21.7. The van der Waals surface area contributed by atoms with E-state index in [9.17, 15) is 9.59 Å². The number of hydrogen-bond donors (Lipinski definition) is 2. The Morgan fingerprint density at radius 3 is 2.78 bits per heavy atom. The van der Waals surface area contributed by atoms with Crippen molar-refractivity contribution in [2.75, 3.05) is 20.2 Å². The lowest BCUT2D eigenvalue weighted by molar-refractivity contribution is -0.127. The maximum absolute atomic E-state index is 12.2. The summed E-state index contributed by atoms with van der Waals surface area (Å²) in [5.74, 6) is 0.255. The summed E-state index contributed by atoms with van der Waals surface area (Å²) in [6.45, 7) is 3.33. The first-order valence-corrected chi connectivity index (χ1v) is 7.93. The molecule has 1 aromatic carbocycles. The quantitative estimate of drug-likeness (QED) is 0.816. The number of nitrogens with one attached hydrogen (secondary N) is 1. The molecule has 2 rings (SSSR count). The number of nitrogens with zero attached hydrogens (tertiary/aromatic N) is 1. The Labute approximate surface area is 137 Å². The van der Waals surface area contributed by atoms with E-state index in [1.807, 2.05) is 29.2 Å². The van der Waals surface area contributed by atoms with E-state index in [-0.39, 0.29) is 30.3 Å². The highest BCUT2D eigenvalue weighted by atomic mass is 16.5. The molecule has 1 saturated heterocycles. The number of ether oxygens (including phenoxy) is 1. The number of likely N-dealkylation sites (tertiary alicyclic amines) is 1. The second-order valence-electron chi connectivity index (χ2n) is 6.04. The van der Waals surface area contributed by atoms with Crippen LogP contribution in [0.2, 0.25) is 0 Å².